The maximum Gasteiger partial charge on any atom is 0.133 e. The van der Waals surface area contributed by atoms with Gasteiger partial charge in [0.25, 0.3) is 0 Å². The summed E-state index contributed by atoms with van der Waals surface area (Å²) in [6.45, 7) is 4.21. The van der Waals surface area contributed by atoms with Crippen molar-refractivity contribution in [1.82, 2.24) is 0 Å². The lowest BCUT2D eigenvalue weighted by Crippen LogP contribution is -1.89. The first kappa shape index (κ1) is 11.8. The highest BCUT2D eigenvalue weighted by Gasteiger charge is 2.06. The first-order chi connectivity index (χ1) is 8.08. The van der Waals surface area contributed by atoms with Crippen molar-refractivity contribution in [3.8, 4) is 11.1 Å². The third-order valence-corrected chi connectivity index (χ3v) is 2.82. The molecular formula is C15H14F2. The van der Waals surface area contributed by atoms with Gasteiger partial charge in [-0.25, -0.2) is 8.78 Å². The highest BCUT2D eigenvalue weighted by molar-refractivity contribution is 5.64. The molecule has 2 rings (SSSR count). The second-order valence-corrected chi connectivity index (χ2v) is 4.40. The molecule has 0 aliphatic heterocycles. The first-order valence-corrected chi connectivity index (χ1v) is 5.63. The molecule has 0 N–H and O–H groups in total. The second kappa shape index (κ2) is 4.66. The van der Waals surface area contributed by atoms with Gasteiger partial charge >= 0.3 is 0 Å². The van der Waals surface area contributed by atoms with Crippen molar-refractivity contribution in [2.24, 2.45) is 0 Å². The molecule has 0 nitrogen and oxygen atoms in total. The van der Waals surface area contributed by atoms with Crippen molar-refractivity contribution in [3.63, 3.8) is 0 Å². The fourth-order valence-corrected chi connectivity index (χ4v) is 1.77. The lowest BCUT2D eigenvalue weighted by Gasteiger charge is -2.07. The summed E-state index contributed by atoms with van der Waals surface area (Å²) in [5.41, 5.74) is 2.41. The van der Waals surface area contributed by atoms with Crippen LogP contribution in [-0.2, 0) is 0 Å². The Balaban J connectivity index is 2.40. The molecule has 2 heteroatoms. The Morgan fingerprint density at radius 1 is 0.882 bits per heavy atom. The molecule has 0 bridgehead atoms. The number of halogens is 2. The Bertz CT molecular complexity index is 513. The molecule has 0 amide bonds. The Morgan fingerprint density at radius 3 is 2.06 bits per heavy atom. The zero-order chi connectivity index (χ0) is 12.4. The molecule has 0 atom stereocenters. The Labute approximate surface area is 99.9 Å². The predicted octanol–water partition coefficient (Wildman–Crippen LogP) is 4.76. The molecule has 2 aromatic carbocycles. The summed E-state index contributed by atoms with van der Waals surface area (Å²) in [5.74, 6) is -0.630. The largest absolute Gasteiger partial charge is 0.207 e. The van der Waals surface area contributed by atoms with Gasteiger partial charge in [-0.3, -0.25) is 0 Å². The summed E-state index contributed by atoms with van der Waals surface area (Å²) < 4.78 is 26.3. The normalized spacial score (nSPS) is 10.9. The summed E-state index contributed by atoms with van der Waals surface area (Å²) in [6.07, 6.45) is 0. The van der Waals surface area contributed by atoms with Crippen molar-refractivity contribution in [1.29, 1.82) is 0 Å². The maximum absolute atomic E-state index is 13.6. The third kappa shape index (κ3) is 2.52. The lowest BCUT2D eigenvalue weighted by molar-refractivity contribution is 0.585. The molecule has 2 aromatic rings. The van der Waals surface area contributed by atoms with E-state index in [0.717, 1.165) is 11.6 Å². The van der Waals surface area contributed by atoms with Crippen LogP contribution >= 0.6 is 0 Å². The molecule has 0 spiro atoms. The molecule has 0 radical (unpaired) electrons. The van der Waals surface area contributed by atoms with Crippen LogP contribution in [0.1, 0.15) is 25.3 Å². The predicted molar refractivity (Wildman–Crippen MR) is 65.9 cm³/mol. The van der Waals surface area contributed by atoms with Gasteiger partial charge in [0.2, 0.25) is 0 Å². The summed E-state index contributed by atoms with van der Waals surface area (Å²) in [6, 6.07) is 11.3. The van der Waals surface area contributed by atoms with Gasteiger partial charge in [-0.1, -0.05) is 38.1 Å². The minimum absolute atomic E-state index is 0.432. The molecule has 0 fully saturated rings. The van der Waals surface area contributed by atoms with Gasteiger partial charge in [-0.2, -0.15) is 0 Å². The van der Waals surface area contributed by atoms with Crippen LogP contribution in [0, 0.1) is 11.6 Å². The molecule has 0 saturated carbocycles. The summed E-state index contributed by atoms with van der Waals surface area (Å²) in [4.78, 5) is 0. The minimum Gasteiger partial charge on any atom is -0.207 e. The Hall–Kier alpha value is -1.70. The molecule has 0 heterocycles. The molecule has 0 aromatic heterocycles. The fraction of sp³-hybridized carbons (Fsp3) is 0.200. The van der Waals surface area contributed by atoms with Gasteiger partial charge in [0, 0.05) is 11.6 Å². The molecule has 17 heavy (non-hydrogen) atoms. The maximum atomic E-state index is 13.6. The first-order valence-electron chi connectivity index (χ1n) is 5.63. The average Bonchev–Trinajstić information content (AvgIpc) is 2.29. The van der Waals surface area contributed by atoms with Crippen LogP contribution in [0.25, 0.3) is 11.1 Å². The van der Waals surface area contributed by atoms with E-state index in [2.05, 4.69) is 13.8 Å². The highest BCUT2D eigenvalue weighted by Crippen LogP contribution is 2.25. The third-order valence-electron chi connectivity index (χ3n) is 2.82. The standard InChI is InChI=1S/C15H14F2/c1-10(2)11-3-5-12(6-4-11)14-8-7-13(16)9-15(14)17/h3-10H,1-2H3. The van der Waals surface area contributed by atoms with Gasteiger partial charge in [0.1, 0.15) is 11.6 Å². The molecule has 0 aliphatic carbocycles. The van der Waals surface area contributed by atoms with E-state index >= 15 is 0 Å². The molecular weight excluding hydrogens is 218 g/mol. The van der Waals surface area contributed by atoms with E-state index < -0.39 is 11.6 Å². The van der Waals surface area contributed by atoms with E-state index in [1.807, 2.05) is 24.3 Å². The van der Waals surface area contributed by atoms with Crippen LogP contribution in [0.15, 0.2) is 42.5 Å². The topological polar surface area (TPSA) is 0 Å². The summed E-state index contributed by atoms with van der Waals surface area (Å²) in [5, 5.41) is 0. The van der Waals surface area contributed by atoms with Crippen LogP contribution in [-0.4, -0.2) is 0 Å². The van der Waals surface area contributed by atoms with Crippen LogP contribution in [0.4, 0.5) is 8.78 Å². The van der Waals surface area contributed by atoms with Crippen LogP contribution < -0.4 is 0 Å². The van der Waals surface area contributed by atoms with Crippen molar-refractivity contribution < 1.29 is 8.78 Å². The number of benzene rings is 2. The van der Waals surface area contributed by atoms with Gasteiger partial charge in [-0.15, -0.1) is 0 Å². The van der Waals surface area contributed by atoms with E-state index in [9.17, 15) is 8.78 Å². The zero-order valence-corrected chi connectivity index (χ0v) is 9.87. The number of rotatable bonds is 2. The van der Waals surface area contributed by atoms with E-state index in [0.29, 0.717) is 11.5 Å². The molecule has 0 aliphatic rings. The summed E-state index contributed by atoms with van der Waals surface area (Å²) >= 11 is 0. The van der Waals surface area contributed by atoms with E-state index in [-0.39, 0.29) is 0 Å². The SMILES string of the molecule is CC(C)c1ccc(-c2ccc(F)cc2F)cc1. The van der Waals surface area contributed by atoms with Crippen LogP contribution in [0.5, 0.6) is 0 Å². The van der Waals surface area contributed by atoms with Gasteiger partial charge < -0.3 is 0 Å². The van der Waals surface area contributed by atoms with Crippen molar-refractivity contribution in [2.45, 2.75) is 19.8 Å². The Morgan fingerprint density at radius 2 is 1.53 bits per heavy atom. The average molecular weight is 232 g/mol. The number of hydrogen-bond donors (Lipinski definition) is 0. The Kier molecular flexibility index (Phi) is 3.23. The quantitative estimate of drug-likeness (QED) is 0.700. The van der Waals surface area contributed by atoms with Crippen molar-refractivity contribution >= 4 is 0 Å². The highest BCUT2D eigenvalue weighted by atomic mass is 19.1. The minimum atomic E-state index is -0.551. The number of hydrogen-bond acceptors (Lipinski definition) is 0. The smallest absolute Gasteiger partial charge is 0.133 e. The van der Waals surface area contributed by atoms with Crippen molar-refractivity contribution in [3.05, 3.63) is 59.7 Å². The van der Waals surface area contributed by atoms with Gasteiger partial charge in [0.15, 0.2) is 0 Å². The fourth-order valence-electron chi connectivity index (χ4n) is 1.77. The molecule has 0 saturated heterocycles. The molecule has 88 valence electrons. The summed E-state index contributed by atoms with van der Waals surface area (Å²) in [7, 11) is 0. The van der Waals surface area contributed by atoms with Gasteiger partial charge in [-0.05, 0) is 29.2 Å². The van der Waals surface area contributed by atoms with Crippen LogP contribution in [0.2, 0.25) is 0 Å². The molecule has 0 unspecified atom stereocenters. The monoisotopic (exact) mass is 232 g/mol. The van der Waals surface area contributed by atoms with Gasteiger partial charge in [0.05, 0.1) is 0 Å². The lowest BCUT2D eigenvalue weighted by atomic mass is 9.98. The second-order valence-electron chi connectivity index (χ2n) is 4.40. The van der Waals surface area contributed by atoms with E-state index in [1.165, 1.54) is 17.7 Å². The van der Waals surface area contributed by atoms with Crippen molar-refractivity contribution in [2.75, 3.05) is 0 Å². The zero-order valence-electron chi connectivity index (χ0n) is 9.87. The van der Waals surface area contributed by atoms with E-state index in [4.69, 9.17) is 0 Å². The van der Waals surface area contributed by atoms with E-state index in [1.54, 1.807) is 0 Å². The van der Waals surface area contributed by atoms with Crippen LogP contribution in [0.3, 0.4) is 0 Å².